The van der Waals surface area contributed by atoms with Crippen LogP contribution in [-0.4, -0.2) is 30.5 Å². The monoisotopic (exact) mass is 331 g/mol. The molecule has 0 amide bonds. The number of aliphatic hydroxyl groups excluding tert-OH is 1. The largest absolute Gasteiger partial charge is 0.389 e. The third-order valence-corrected chi connectivity index (χ3v) is 6.55. The maximum atomic E-state index is 10.3. The van der Waals surface area contributed by atoms with Crippen LogP contribution in [0.4, 0.5) is 0 Å². The Bertz CT molecular complexity index is 539. The summed E-state index contributed by atoms with van der Waals surface area (Å²) in [5, 5.41) is 13.8. The summed E-state index contributed by atoms with van der Waals surface area (Å²) in [4.78, 5) is 0. The molecule has 1 aromatic carbocycles. The summed E-state index contributed by atoms with van der Waals surface area (Å²) in [7, 11) is 0. The first-order valence-corrected chi connectivity index (χ1v) is 9.41. The van der Waals surface area contributed by atoms with Crippen LogP contribution in [0.2, 0.25) is 0 Å². The second-order valence-corrected chi connectivity index (χ2v) is 8.82. The van der Waals surface area contributed by atoms with Crippen LogP contribution in [0, 0.1) is 16.7 Å². The van der Waals surface area contributed by atoms with Gasteiger partial charge in [-0.15, -0.1) is 0 Å². The molecule has 5 atom stereocenters. The van der Waals surface area contributed by atoms with E-state index in [2.05, 4.69) is 45.1 Å². The van der Waals surface area contributed by atoms with Crippen molar-refractivity contribution in [3.05, 3.63) is 35.9 Å². The van der Waals surface area contributed by atoms with Gasteiger partial charge in [0.15, 0.2) is 0 Å². The normalized spacial score (nSPS) is 33.5. The van der Waals surface area contributed by atoms with E-state index in [4.69, 9.17) is 4.74 Å². The molecule has 3 heteroatoms. The Morgan fingerprint density at radius 2 is 1.96 bits per heavy atom. The Kier molecular flexibility index (Phi) is 5.06. The zero-order chi connectivity index (χ0) is 17.4. The number of benzene rings is 1. The van der Waals surface area contributed by atoms with Crippen LogP contribution in [0.1, 0.15) is 58.6 Å². The van der Waals surface area contributed by atoms with Gasteiger partial charge in [0.25, 0.3) is 0 Å². The van der Waals surface area contributed by atoms with Crippen molar-refractivity contribution in [3.63, 3.8) is 0 Å². The van der Waals surface area contributed by atoms with Gasteiger partial charge in [-0.05, 0) is 48.5 Å². The first-order chi connectivity index (χ1) is 11.3. The molecule has 2 fully saturated rings. The number of nitrogens with one attached hydrogen (secondary N) is 1. The fourth-order valence-electron chi connectivity index (χ4n) is 5.11. The van der Waals surface area contributed by atoms with Crippen molar-refractivity contribution in [1.82, 2.24) is 5.32 Å². The number of rotatable bonds is 7. The summed E-state index contributed by atoms with van der Waals surface area (Å²) in [5.74, 6) is 0.779. The maximum absolute atomic E-state index is 10.3. The van der Waals surface area contributed by atoms with Gasteiger partial charge in [0.1, 0.15) is 0 Å². The predicted octanol–water partition coefficient (Wildman–Crippen LogP) is 3.93. The topological polar surface area (TPSA) is 41.5 Å². The number of fused-ring (bicyclic) bond motifs is 2. The highest BCUT2D eigenvalue weighted by molar-refractivity contribution is 5.18. The Balaban J connectivity index is 1.47. The molecule has 2 aliphatic rings. The van der Waals surface area contributed by atoms with Crippen molar-refractivity contribution < 1.29 is 9.84 Å². The standard InChI is InChI=1S/C21H33NO2/c1-15(16-8-6-5-7-9-16)22-13-18(23)14-24-19-20(2,3)17-10-11-21(19,4)12-17/h5-9,15,17-19,22-23H,10-14H2,1-4H3/t15-,17+,18-,19+,21+/m0/s1. The fourth-order valence-corrected chi connectivity index (χ4v) is 5.11. The van der Waals surface area contributed by atoms with Crippen LogP contribution in [0.25, 0.3) is 0 Å². The minimum atomic E-state index is -0.463. The molecule has 3 rings (SSSR count). The van der Waals surface area contributed by atoms with E-state index in [-0.39, 0.29) is 17.6 Å². The SMILES string of the molecule is C[C@H](NC[C@H](O)CO[C@@H]1C(C)(C)[C@@H]2CC[C@]1(C)C2)c1ccccc1. The first kappa shape index (κ1) is 17.9. The van der Waals surface area contributed by atoms with E-state index in [1.807, 2.05) is 18.2 Å². The van der Waals surface area contributed by atoms with E-state index in [0.717, 1.165) is 5.92 Å². The van der Waals surface area contributed by atoms with E-state index < -0.39 is 6.10 Å². The Morgan fingerprint density at radius 1 is 1.25 bits per heavy atom. The lowest BCUT2D eigenvalue weighted by Crippen LogP contribution is -2.44. The van der Waals surface area contributed by atoms with Gasteiger partial charge in [-0.3, -0.25) is 0 Å². The second-order valence-electron chi connectivity index (χ2n) is 8.82. The van der Waals surface area contributed by atoms with Crippen LogP contribution in [0.5, 0.6) is 0 Å². The van der Waals surface area contributed by atoms with Gasteiger partial charge in [0, 0.05) is 12.6 Å². The zero-order valence-electron chi connectivity index (χ0n) is 15.6. The molecule has 0 aliphatic heterocycles. The van der Waals surface area contributed by atoms with Crippen molar-refractivity contribution in [2.45, 2.75) is 65.2 Å². The zero-order valence-corrected chi connectivity index (χ0v) is 15.6. The molecule has 2 N–H and O–H groups in total. The molecule has 2 aliphatic carbocycles. The molecule has 0 saturated heterocycles. The summed E-state index contributed by atoms with van der Waals surface area (Å²) in [6.07, 6.45) is 3.69. The molecule has 0 heterocycles. The van der Waals surface area contributed by atoms with E-state index in [0.29, 0.717) is 18.6 Å². The molecule has 2 saturated carbocycles. The quantitative estimate of drug-likeness (QED) is 0.795. The number of aliphatic hydroxyl groups is 1. The van der Waals surface area contributed by atoms with Crippen LogP contribution in [0.3, 0.4) is 0 Å². The number of hydrogen-bond acceptors (Lipinski definition) is 3. The highest BCUT2D eigenvalue weighted by Crippen LogP contribution is 2.63. The molecule has 0 radical (unpaired) electrons. The molecule has 0 spiro atoms. The highest BCUT2D eigenvalue weighted by atomic mass is 16.5. The van der Waals surface area contributed by atoms with Crippen LogP contribution < -0.4 is 5.32 Å². The Hall–Kier alpha value is -0.900. The number of hydrogen-bond donors (Lipinski definition) is 2. The third-order valence-electron chi connectivity index (χ3n) is 6.55. The maximum Gasteiger partial charge on any atom is 0.0898 e. The van der Waals surface area contributed by atoms with Gasteiger partial charge < -0.3 is 15.2 Å². The summed E-state index contributed by atoms with van der Waals surface area (Å²) in [6, 6.07) is 10.6. The van der Waals surface area contributed by atoms with Crippen LogP contribution >= 0.6 is 0 Å². The van der Waals surface area contributed by atoms with Crippen molar-refractivity contribution in [1.29, 1.82) is 0 Å². The Morgan fingerprint density at radius 3 is 2.58 bits per heavy atom. The smallest absolute Gasteiger partial charge is 0.0898 e. The van der Waals surface area contributed by atoms with Crippen molar-refractivity contribution in [2.24, 2.45) is 16.7 Å². The van der Waals surface area contributed by atoms with Crippen molar-refractivity contribution >= 4 is 0 Å². The predicted molar refractivity (Wildman–Crippen MR) is 97.8 cm³/mol. The molecule has 0 aromatic heterocycles. The van der Waals surface area contributed by atoms with E-state index in [9.17, 15) is 5.11 Å². The third kappa shape index (κ3) is 3.40. The van der Waals surface area contributed by atoms with Gasteiger partial charge in [0.2, 0.25) is 0 Å². The fraction of sp³-hybridized carbons (Fsp3) is 0.714. The van der Waals surface area contributed by atoms with E-state index in [1.165, 1.54) is 24.8 Å². The molecular weight excluding hydrogens is 298 g/mol. The second kappa shape index (κ2) is 6.78. The average Bonchev–Trinajstić information content (AvgIpc) is 3.04. The molecule has 2 bridgehead atoms. The van der Waals surface area contributed by atoms with Gasteiger partial charge in [-0.25, -0.2) is 0 Å². The summed E-state index contributed by atoms with van der Waals surface area (Å²) < 4.78 is 6.26. The highest BCUT2D eigenvalue weighted by Gasteiger charge is 2.60. The van der Waals surface area contributed by atoms with Gasteiger partial charge in [-0.1, -0.05) is 51.1 Å². The van der Waals surface area contributed by atoms with Gasteiger partial charge >= 0.3 is 0 Å². The summed E-state index contributed by atoms with van der Waals surface area (Å²) in [6.45, 7) is 10.2. The van der Waals surface area contributed by atoms with Gasteiger partial charge in [0.05, 0.1) is 18.8 Å². The molecule has 24 heavy (non-hydrogen) atoms. The minimum Gasteiger partial charge on any atom is -0.389 e. The van der Waals surface area contributed by atoms with E-state index in [1.54, 1.807) is 0 Å². The van der Waals surface area contributed by atoms with Crippen LogP contribution in [-0.2, 0) is 4.74 Å². The minimum absolute atomic E-state index is 0.234. The molecule has 134 valence electrons. The average molecular weight is 332 g/mol. The molecule has 1 aromatic rings. The Labute approximate surface area is 146 Å². The lowest BCUT2D eigenvalue weighted by molar-refractivity contribution is -0.110. The molecule has 0 unspecified atom stereocenters. The molecule has 3 nitrogen and oxygen atoms in total. The van der Waals surface area contributed by atoms with Gasteiger partial charge in [-0.2, -0.15) is 0 Å². The van der Waals surface area contributed by atoms with E-state index >= 15 is 0 Å². The first-order valence-electron chi connectivity index (χ1n) is 9.41. The van der Waals surface area contributed by atoms with Crippen molar-refractivity contribution in [3.8, 4) is 0 Å². The molecular formula is C21H33NO2. The lowest BCUT2D eigenvalue weighted by Gasteiger charge is -2.42. The van der Waals surface area contributed by atoms with Crippen LogP contribution in [0.15, 0.2) is 30.3 Å². The summed E-state index contributed by atoms with van der Waals surface area (Å²) in [5.41, 5.74) is 1.78. The van der Waals surface area contributed by atoms with Crippen molar-refractivity contribution in [2.75, 3.05) is 13.2 Å². The number of ether oxygens (including phenoxy) is 1. The summed E-state index contributed by atoms with van der Waals surface area (Å²) >= 11 is 0. The lowest BCUT2D eigenvalue weighted by atomic mass is 9.70.